The molecule has 0 amide bonds. The Hall–Kier alpha value is -3.55. The molecule has 0 bridgehead atoms. The van der Waals surface area contributed by atoms with Gasteiger partial charge in [-0.1, -0.05) is 0 Å². The van der Waals surface area contributed by atoms with Gasteiger partial charge in [0.15, 0.2) is 5.82 Å². The van der Waals surface area contributed by atoms with E-state index in [1.807, 2.05) is 12.1 Å². The van der Waals surface area contributed by atoms with Crippen LogP contribution in [0, 0.1) is 0 Å². The first-order chi connectivity index (χ1) is 12.7. The summed E-state index contributed by atoms with van der Waals surface area (Å²) in [6, 6.07) is 10.7. The zero-order valence-corrected chi connectivity index (χ0v) is 14.2. The van der Waals surface area contributed by atoms with Crippen LogP contribution in [0.25, 0.3) is 0 Å². The lowest BCUT2D eigenvalue weighted by molar-refractivity contribution is 0.0526. The molecule has 0 radical (unpaired) electrons. The molecule has 2 N–H and O–H groups in total. The van der Waals surface area contributed by atoms with Crippen LogP contribution in [0.5, 0.6) is 0 Å². The van der Waals surface area contributed by atoms with Crippen LogP contribution in [-0.4, -0.2) is 32.7 Å². The third-order valence-electron chi connectivity index (χ3n) is 3.43. The first-order valence-electron chi connectivity index (χ1n) is 8.11. The van der Waals surface area contributed by atoms with E-state index in [0.29, 0.717) is 30.5 Å². The Morgan fingerprint density at radius 2 is 1.88 bits per heavy atom. The summed E-state index contributed by atoms with van der Waals surface area (Å²) in [6.07, 6.45) is 5.03. The van der Waals surface area contributed by atoms with Crippen LogP contribution in [0.2, 0.25) is 0 Å². The number of ether oxygens (including phenoxy) is 1. The summed E-state index contributed by atoms with van der Waals surface area (Å²) >= 11 is 0. The topological polar surface area (TPSA) is 102 Å². The standard InChI is InChI=1S/C18H18N6O2/c1-2-26-17(25)14-3-5-15(6-4-14)22-18-23-16(12-21-24-18)20-11-13-7-9-19-10-8-13/h3-10,12H,2,11H2,1H3,(H2,20,22,23,24). The van der Waals surface area contributed by atoms with Crippen LogP contribution >= 0.6 is 0 Å². The number of carbonyl (C=O) groups is 1. The van der Waals surface area contributed by atoms with Gasteiger partial charge in [-0.15, -0.1) is 5.10 Å². The third-order valence-corrected chi connectivity index (χ3v) is 3.43. The predicted molar refractivity (Wildman–Crippen MR) is 97.1 cm³/mol. The van der Waals surface area contributed by atoms with Crippen LogP contribution < -0.4 is 10.6 Å². The molecule has 0 fully saturated rings. The number of carbonyl (C=O) groups excluding carboxylic acids is 1. The predicted octanol–water partition coefficient (Wildman–Crippen LogP) is 2.80. The molecular formula is C18H18N6O2. The molecule has 8 nitrogen and oxygen atoms in total. The maximum absolute atomic E-state index is 11.7. The summed E-state index contributed by atoms with van der Waals surface area (Å²) in [5.74, 6) is 0.607. The molecule has 26 heavy (non-hydrogen) atoms. The summed E-state index contributed by atoms with van der Waals surface area (Å²) in [6.45, 7) is 2.72. The van der Waals surface area contributed by atoms with Gasteiger partial charge in [-0.2, -0.15) is 10.1 Å². The van der Waals surface area contributed by atoms with Crippen LogP contribution in [0.15, 0.2) is 55.0 Å². The van der Waals surface area contributed by atoms with Gasteiger partial charge in [0.05, 0.1) is 18.4 Å². The maximum atomic E-state index is 11.7. The van der Waals surface area contributed by atoms with E-state index in [9.17, 15) is 4.79 Å². The molecular weight excluding hydrogens is 332 g/mol. The molecule has 0 unspecified atom stereocenters. The fourth-order valence-electron chi connectivity index (χ4n) is 2.17. The zero-order valence-electron chi connectivity index (χ0n) is 14.2. The molecule has 0 aliphatic heterocycles. The van der Waals surface area contributed by atoms with Crippen LogP contribution in [0.1, 0.15) is 22.8 Å². The monoisotopic (exact) mass is 350 g/mol. The second-order valence-electron chi connectivity index (χ2n) is 5.30. The van der Waals surface area contributed by atoms with Crippen molar-refractivity contribution in [2.75, 3.05) is 17.2 Å². The molecule has 0 saturated carbocycles. The van der Waals surface area contributed by atoms with Crippen LogP contribution in [0.4, 0.5) is 17.5 Å². The van der Waals surface area contributed by atoms with Crippen molar-refractivity contribution in [1.82, 2.24) is 20.2 Å². The molecule has 0 saturated heterocycles. The van der Waals surface area contributed by atoms with Gasteiger partial charge in [-0.25, -0.2) is 4.79 Å². The van der Waals surface area contributed by atoms with Crippen molar-refractivity contribution in [3.63, 3.8) is 0 Å². The summed E-state index contributed by atoms with van der Waals surface area (Å²) in [4.78, 5) is 20.0. The number of hydrogen-bond donors (Lipinski definition) is 2. The molecule has 3 rings (SSSR count). The van der Waals surface area contributed by atoms with E-state index in [4.69, 9.17) is 4.74 Å². The highest BCUT2D eigenvalue weighted by atomic mass is 16.5. The first kappa shape index (κ1) is 17.3. The molecule has 8 heteroatoms. The number of rotatable bonds is 7. The largest absolute Gasteiger partial charge is 0.462 e. The normalized spacial score (nSPS) is 10.2. The fourth-order valence-corrected chi connectivity index (χ4v) is 2.17. The highest BCUT2D eigenvalue weighted by Crippen LogP contribution is 2.15. The number of pyridine rings is 1. The van der Waals surface area contributed by atoms with Crippen molar-refractivity contribution in [3.05, 3.63) is 66.1 Å². The average Bonchev–Trinajstić information content (AvgIpc) is 2.68. The lowest BCUT2D eigenvalue weighted by atomic mass is 10.2. The minimum atomic E-state index is -0.348. The minimum Gasteiger partial charge on any atom is -0.462 e. The lowest BCUT2D eigenvalue weighted by Gasteiger charge is -2.08. The number of anilines is 3. The van der Waals surface area contributed by atoms with Gasteiger partial charge in [-0.3, -0.25) is 4.98 Å². The second-order valence-corrected chi connectivity index (χ2v) is 5.30. The summed E-state index contributed by atoms with van der Waals surface area (Å²) in [5, 5.41) is 14.1. The molecule has 0 aliphatic rings. The van der Waals surface area contributed by atoms with Crippen molar-refractivity contribution >= 4 is 23.4 Å². The first-order valence-corrected chi connectivity index (χ1v) is 8.11. The summed E-state index contributed by atoms with van der Waals surface area (Å²) < 4.78 is 4.96. The van der Waals surface area contributed by atoms with Crippen molar-refractivity contribution in [2.24, 2.45) is 0 Å². The van der Waals surface area contributed by atoms with E-state index in [1.54, 1.807) is 49.8 Å². The Morgan fingerprint density at radius 1 is 1.12 bits per heavy atom. The van der Waals surface area contributed by atoms with E-state index >= 15 is 0 Å². The molecule has 2 heterocycles. The summed E-state index contributed by atoms with van der Waals surface area (Å²) in [7, 11) is 0. The third kappa shape index (κ3) is 4.73. The Morgan fingerprint density at radius 3 is 2.62 bits per heavy atom. The Bertz CT molecular complexity index is 855. The van der Waals surface area contributed by atoms with E-state index in [-0.39, 0.29) is 5.97 Å². The smallest absolute Gasteiger partial charge is 0.338 e. The highest BCUT2D eigenvalue weighted by Gasteiger charge is 2.06. The van der Waals surface area contributed by atoms with Crippen molar-refractivity contribution in [3.8, 4) is 0 Å². The van der Waals surface area contributed by atoms with Gasteiger partial charge < -0.3 is 15.4 Å². The van der Waals surface area contributed by atoms with Crippen LogP contribution in [-0.2, 0) is 11.3 Å². The molecule has 0 spiro atoms. The lowest BCUT2D eigenvalue weighted by Crippen LogP contribution is -2.06. The number of nitrogens with one attached hydrogen (secondary N) is 2. The maximum Gasteiger partial charge on any atom is 0.338 e. The molecule has 132 valence electrons. The van der Waals surface area contributed by atoms with E-state index in [0.717, 1.165) is 11.3 Å². The van der Waals surface area contributed by atoms with Gasteiger partial charge in [0.2, 0.25) is 5.95 Å². The van der Waals surface area contributed by atoms with Gasteiger partial charge in [0, 0.05) is 24.6 Å². The number of nitrogens with zero attached hydrogens (tertiary/aromatic N) is 4. The van der Waals surface area contributed by atoms with Crippen molar-refractivity contribution in [1.29, 1.82) is 0 Å². The number of aromatic nitrogens is 4. The van der Waals surface area contributed by atoms with Crippen molar-refractivity contribution < 1.29 is 9.53 Å². The van der Waals surface area contributed by atoms with Crippen molar-refractivity contribution in [2.45, 2.75) is 13.5 Å². The highest BCUT2D eigenvalue weighted by molar-refractivity contribution is 5.89. The number of benzene rings is 1. The van der Waals surface area contributed by atoms with Gasteiger partial charge >= 0.3 is 5.97 Å². The molecule has 0 atom stereocenters. The second kappa shape index (κ2) is 8.52. The molecule has 2 aromatic heterocycles. The van der Waals surface area contributed by atoms with Gasteiger partial charge in [0.1, 0.15) is 0 Å². The number of hydrogen-bond acceptors (Lipinski definition) is 8. The van der Waals surface area contributed by atoms with E-state index in [2.05, 4.69) is 30.8 Å². The quantitative estimate of drug-likeness (QED) is 0.627. The van der Waals surface area contributed by atoms with Gasteiger partial charge in [-0.05, 0) is 48.9 Å². The SMILES string of the molecule is CCOC(=O)c1ccc(Nc2nncc(NCc3ccncc3)n2)cc1. The van der Waals surface area contributed by atoms with Gasteiger partial charge in [0.25, 0.3) is 0 Å². The molecule has 3 aromatic rings. The fraction of sp³-hybridized carbons (Fsp3) is 0.167. The van der Waals surface area contributed by atoms with E-state index < -0.39 is 0 Å². The Labute approximate surface area is 150 Å². The number of esters is 1. The van der Waals surface area contributed by atoms with E-state index in [1.165, 1.54) is 0 Å². The molecule has 1 aromatic carbocycles. The van der Waals surface area contributed by atoms with Crippen LogP contribution in [0.3, 0.4) is 0 Å². The summed E-state index contributed by atoms with van der Waals surface area (Å²) in [5.41, 5.74) is 2.32. The molecule has 0 aliphatic carbocycles. The minimum absolute atomic E-state index is 0.345. The average molecular weight is 350 g/mol. The zero-order chi connectivity index (χ0) is 18.2. The Balaban J connectivity index is 1.62. The Kier molecular flexibility index (Phi) is 5.66.